The van der Waals surface area contributed by atoms with Gasteiger partial charge in [-0.15, -0.1) is 0 Å². The molecule has 72 valence electrons. The third kappa shape index (κ3) is 7.36. The van der Waals surface area contributed by atoms with Crippen LogP contribution in [0.4, 0.5) is 17.3 Å². The van der Waals surface area contributed by atoms with Crippen molar-refractivity contribution in [2.45, 2.75) is 12.8 Å². The van der Waals surface area contributed by atoms with Crippen LogP contribution in [-0.4, -0.2) is 31.7 Å². The lowest BCUT2D eigenvalue weighted by Crippen LogP contribution is -2.17. The molecule has 7 heteroatoms. The van der Waals surface area contributed by atoms with Gasteiger partial charge in [0.1, 0.15) is 0 Å². The van der Waals surface area contributed by atoms with Crippen LogP contribution in [0.15, 0.2) is 0 Å². The van der Waals surface area contributed by atoms with Crippen molar-refractivity contribution in [1.29, 1.82) is 0 Å². The molecule has 1 saturated heterocycles. The van der Waals surface area contributed by atoms with Crippen LogP contribution in [-0.2, 0) is 4.79 Å². The second kappa shape index (κ2) is 4.32. The summed E-state index contributed by atoms with van der Waals surface area (Å²) in [5, 5.41) is 0. The van der Waals surface area contributed by atoms with Crippen LogP contribution in [0.2, 0.25) is 0 Å². The van der Waals surface area contributed by atoms with E-state index in [1.807, 2.05) is 7.05 Å². The Morgan fingerprint density at radius 1 is 1.33 bits per heavy atom. The van der Waals surface area contributed by atoms with Gasteiger partial charge in [0.25, 0.3) is 0 Å². The minimum Gasteiger partial charge on any atom is -0.418 e. The summed E-state index contributed by atoms with van der Waals surface area (Å²) >= 11 is 0. The molecule has 0 spiro atoms. The Labute approximate surface area is 67.6 Å². The molecule has 0 aromatic heterocycles. The van der Waals surface area contributed by atoms with Crippen molar-refractivity contribution in [2.24, 2.45) is 0 Å². The normalized spacial score (nSPS) is 17.4. The molecule has 0 saturated carbocycles. The molecule has 0 atom stereocenters. The maximum atomic E-state index is 10.5. The summed E-state index contributed by atoms with van der Waals surface area (Å²) in [7, 11) is -4.16. The summed E-state index contributed by atoms with van der Waals surface area (Å²) < 4.78 is 39.0. The van der Waals surface area contributed by atoms with E-state index in [1.165, 1.54) is 0 Å². The molecule has 1 amide bonds. The second-order valence-corrected chi connectivity index (χ2v) is 2.41. The molecular weight excluding hydrogens is 177 g/mol. The first-order valence-corrected chi connectivity index (χ1v) is 3.42. The minimum absolute atomic E-state index is 0.292. The maximum absolute atomic E-state index is 10.5. The maximum Gasteiger partial charge on any atom is 0.673 e. The van der Waals surface area contributed by atoms with Crippen LogP contribution in [0.3, 0.4) is 0 Å². The first kappa shape index (κ1) is 11.3. The zero-order chi connectivity index (χ0) is 9.78. The molecule has 0 unspecified atom stereocenters. The predicted octanol–water partition coefficient (Wildman–Crippen LogP) is 1.54. The van der Waals surface area contributed by atoms with Crippen LogP contribution >= 0.6 is 0 Å². The third-order valence-electron chi connectivity index (χ3n) is 1.31. The number of carbonyl (C=O) groups excluding carboxylic acids is 1. The van der Waals surface area contributed by atoms with E-state index in [2.05, 4.69) is 0 Å². The highest BCUT2D eigenvalue weighted by atomic mass is 19.5. The van der Waals surface area contributed by atoms with Gasteiger partial charge in [-0.05, 0) is 6.42 Å². The van der Waals surface area contributed by atoms with E-state index in [0.29, 0.717) is 5.91 Å². The summed E-state index contributed by atoms with van der Waals surface area (Å²) in [6.07, 6.45) is 1.81. The Kier molecular flexibility index (Phi) is 4.05. The highest BCUT2D eigenvalue weighted by molar-refractivity contribution is 6.50. The summed E-state index contributed by atoms with van der Waals surface area (Å²) in [4.78, 5) is 12.3. The Hall–Kier alpha value is -0.745. The van der Waals surface area contributed by atoms with Crippen molar-refractivity contribution in [3.8, 4) is 0 Å². The number of likely N-dealkylation sites (tertiary alicyclic amines) is 1. The lowest BCUT2D eigenvalue weighted by atomic mass is 10.3. The van der Waals surface area contributed by atoms with Crippen molar-refractivity contribution in [3.05, 3.63) is 0 Å². The van der Waals surface area contributed by atoms with Crippen LogP contribution < -0.4 is 0 Å². The van der Waals surface area contributed by atoms with Gasteiger partial charge < -0.3 is 22.2 Å². The molecule has 0 radical (unpaired) electrons. The second-order valence-electron chi connectivity index (χ2n) is 2.41. The van der Waals surface area contributed by atoms with Gasteiger partial charge in [-0.25, -0.2) is 0 Å². The number of hydrogen-bond donors (Lipinski definition) is 0. The number of hydrogen-bond acceptors (Lipinski definition) is 1. The average Bonchev–Trinajstić information content (AvgIpc) is 2.12. The molecule has 0 aliphatic carbocycles. The Balaban J connectivity index is 0.000000217. The van der Waals surface area contributed by atoms with Crippen LogP contribution in [0, 0.1) is 0 Å². The summed E-state index contributed by atoms with van der Waals surface area (Å²) in [5.74, 6) is 0.292. The van der Waals surface area contributed by atoms with E-state index in [0.717, 1.165) is 19.4 Å². The van der Waals surface area contributed by atoms with Gasteiger partial charge in [0.2, 0.25) is 5.91 Å². The molecule has 0 aromatic rings. The highest BCUT2D eigenvalue weighted by Crippen LogP contribution is 2.06. The molecule has 1 rings (SSSR count). The van der Waals surface area contributed by atoms with E-state index in [1.54, 1.807) is 4.90 Å². The fourth-order valence-electron chi connectivity index (χ4n) is 0.783. The molecule has 1 fully saturated rings. The first-order valence-electron chi connectivity index (χ1n) is 3.42. The number of amides is 1. The molecule has 1 heterocycles. The average molecular weight is 186 g/mol. The number of nitrogens with zero attached hydrogens (tertiary/aromatic N) is 1. The summed E-state index contributed by atoms with van der Waals surface area (Å²) in [5.41, 5.74) is 0. The topological polar surface area (TPSA) is 20.3 Å². The molecule has 12 heavy (non-hydrogen) atoms. The van der Waals surface area contributed by atoms with Crippen molar-refractivity contribution < 1.29 is 22.1 Å². The Bertz CT molecular complexity index is 154. The van der Waals surface area contributed by atoms with E-state index in [4.69, 9.17) is 0 Å². The molecule has 1 aliphatic rings. The van der Waals surface area contributed by atoms with Crippen LogP contribution in [0.5, 0.6) is 0 Å². The SMILES string of the molecule is CN1CCCC1=O.F[B-](F)(F)F. The van der Waals surface area contributed by atoms with Crippen LogP contribution in [0.25, 0.3) is 0 Å². The van der Waals surface area contributed by atoms with Gasteiger partial charge >= 0.3 is 7.25 Å². The fourth-order valence-corrected chi connectivity index (χ4v) is 0.783. The summed E-state index contributed by atoms with van der Waals surface area (Å²) in [6, 6.07) is 0. The van der Waals surface area contributed by atoms with Crippen LogP contribution in [0.1, 0.15) is 12.8 Å². The Morgan fingerprint density at radius 2 is 1.75 bits per heavy atom. The molecule has 1 aliphatic heterocycles. The monoisotopic (exact) mass is 186 g/mol. The van der Waals surface area contributed by atoms with E-state index >= 15 is 0 Å². The Morgan fingerprint density at radius 3 is 1.83 bits per heavy atom. The third-order valence-corrected chi connectivity index (χ3v) is 1.31. The zero-order valence-corrected chi connectivity index (χ0v) is 6.57. The first-order chi connectivity index (χ1) is 5.30. The molecule has 2 nitrogen and oxygen atoms in total. The van der Waals surface area contributed by atoms with Gasteiger partial charge in [-0.3, -0.25) is 4.79 Å². The lowest BCUT2D eigenvalue weighted by Gasteiger charge is -2.03. The van der Waals surface area contributed by atoms with Crippen molar-refractivity contribution in [2.75, 3.05) is 13.6 Å². The quantitative estimate of drug-likeness (QED) is 0.415. The van der Waals surface area contributed by atoms with Gasteiger partial charge in [0, 0.05) is 20.0 Å². The molecule has 0 aromatic carbocycles. The number of rotatable bonds is 0. The smallest absolute Gasteiger partial charge is 0.418 e. The fraction of sp³-hybridized carbons (Fsp3) is 0.800. The van der Waals surface area contributed by atoms with Crippen molar-refractivity contribution in [3.63, 3.8) is 0 Å². The van der Waals surface area contributed by atoms with E-state index in [9.17, 15) is 22.1 Å². The van der Waals surface area contributed by atoms with Crippen molar-refractivity contribution in [1.82, 2.24) is 4.90 Å². The largest absolute Gasteiger partial charge is 0.673 e. The standard InChI is InChI=1S/C5H9NO.BF4/c1-6-4-2-3-5(6)7;2-1(3,4)5/h2-4H2,1H3;/q;-1. The predicted molar refractivity (Wildman–Crippen MR) is 37.1 cm³/mol. The lowest BCUT2D eigenvalue weighted by molar-refractivity contribution is -0.126. The van der Waals surface area contributed by atoms with Gasteiger partial charge in [0.05, 0.1) is 0 Å². The number of carbonyl (C=O) groups is 1. The van der Waals surface area contributed by atoms with Gasteiger partial charge in [-0.2, -0.15) is 0 Å². The molecule has 0 bridgehead atoms. The van der Waals surface area contributed by atoms with E-state index in [-0.39, 0.29) is 0 Å². The van der Waals surface area contributed by atoms with Gasteiger partial charge in [0.15, 0.2) is 0 Å². The minimum atomic E-state index is -6.00. The van der Waals surface area contributed by atoms with Crippen molar-refractivity contribution >= 4 is 13.2 Å². The summed E-state index contributed by atoms with van der Waals surface area (Å²) in [6.45, 7) is 0.957. The van der Waals surface area contributed by atoms with E-state index < -0.39 is 7.25 Å². The molecular formula is C5H9BF4NO-. The number of halogens is 4. The van der Waals surface area contributed by atoms with Gasteiger partial charge in [-0.1, -0.05) is 0 Å². The highest BCUT2D eigenvalue weighted by Gasteiger charge is 2.20. The molecule has 0 N–H and O–H groups in total. The zero-order valence-electron chi connectivity index (χ0n) is 6.57.